The smallest absolute Gasteiger partial charge is 0.248 e. The second-order valence-electron chi connectivity index (χ2n) is 3.69. The second kappa shape index (κ2) is 6.80. The van der Waals surface area contributed by atoms with Crippen LogP contribution in [0.1, 0.15) is 0 Å². The van der Waals surface area contributed by atoms with Gasteiger partial charge >= 0.3 is 0 Å². The lowest BCUT2D eigenvalue weighted by molar-refractivity contribution is -0.135. The monoisotopic (exact) mass is 232 g/mol. The van der Waals surface area contributed by atoms with E-state index in [0.717, 1.165) is 0 Å². The molecule has 1 fully saturated rings. The van der Waals surface area contributed by atoms with Crippen molar-refractivity contribution in [2.75, 3.05) is 47.1 Å². The average molecular weight is 232 g/mol. The molecule has 0 aromatic rings. The van der Waals surface area contributed by atoms with Crippen LogP contribution in [0.25, 0.3) is 0 Å². The quantitative estimate of drug-likeness (QED) is 0.584. The summed E-state index contributed by atoms with van der Waals surface area (Å²) < 4.78 is 15.6. The fourth-order valence-corrected chi connectivity index (χ4v) is 1.73. The molecule has 0 spiro atoms. The van der Waals surface area contributed by atoms with Crippen molar-refractivity contribution in [3.8, 4) is 0 Å². The van der Waals surface area contributed by atoms with Crippen LogP contribution in [-0.2, 0) is 19.0 Å². The Balaban J connectivity index is 2.35. The van der Waals surface area contributed by atoms with Gasteiger partial charge in [-0.3, -0.25) is 4.79 Å². The van der Waals surface area contributed by atoms with Crippen LogP contribution >= 0.6 is 0 Å². The lowest BCUT2D eigenvalue weighted by atomic mass is 10.3. The van der Waals surface area contributed by atoms with Gasteiger partial charge in [0.05, 0.1) is 6.61 Å². The number of rotatable bonds is 6. The van der Waals surface area contributed by atoms with Crippen LogP contribution in [-0.4, -0.2) is 70.1 Å². The first-order valence-corrected chi connectivity index (χ1v) is 5.34. The van der Waals surface area contributed by atoms with E-state index in [0.29, 0.717) is 26.2 Å². The highest BCUT2D eigenvalue weighted by Gasteiger charge is 2.35. The van der Waals surface area contributed by atoms with Crippen molar-refractivity contribution < 1.29 is 19.0 Å². The summed E-state index contributed by atoms with van der Waals surface area (Å²) in [4.78, 5) is 13.4. The first kappa shape index (κ1) is 13.4. The predicted molar refractivity (Wildman–Crippen MR) is 58.0 cm³/mol. The van der Waals surface area contributed by atoms with Crippen LogP contribution in [0.4, 0.5) is 0 Å². The summed E-state index contributed by atoms with van der Waals surface area (Å²) >= 11 is 0. The maximum atomic E-state index is 11.7. The number of amides is 1. The molecule has 0 bridgehead atoms. The standard InChI is InChI=1S/C10H20N2O4/c1-14-8-5-12(6-9(8)15-2)10(13)7-16-4-3-11/h8-9H,3-7,11H2,1-2H3. The lowest BCUT2D eigenvalue weighted by Gasteiger charge is -2.15. The average Bonchev–Trinajstić information content (AvgIpc) is 2.72. The van der Waals surface area contributed by atoms with Crippen LogP contribution in [0.3, 0.4) is 0 Å². The molecule has 6 nitrogen and oxygen atoms in total. The van der Waals surface area contributed by atoms with Crippen LogP contribution in [0.2, 0.25) is 0 Å². The normalized spacial score (nSPS) is 25.1. The number of hydrogen-bond acceptors (Lipinski definition) is 5. The van der Waals surface area contributed by atoms with Gasteiger partial charge in [-0.15, -0.1) is 0 Å². The van der Waals surface area contributed by atoms with Crippen molar-refractivity contribution in [3.05, 3.63) is 0 Å². The molecule has 0 aliphatic carbocycles. The molecule has 1 saturated heterocycles. The number of hydrogen-bond donors (Lipinski definition) is 1. The van der Waals surface area contributed by atoms with Gasteiger partial charge in [0, 0.05) is 33.9 Å². The molecular weight excluding hydrogens is 212 g/mol. The van der Waals surface area contributed by atoms with E-state index < -0.39 is 0 Å². The number of ether oxygens (including phenoxy) is 3. The number of nitrogens with zero attached hydrogens (tertiary/aromatic N) is 1. The minimum atomic E-state index is -0.0524. The van der Waals surface area contributed by atoms with Crippen LogP contribution in [0, 0.1) is 0 Å². The SMILES string of the molecule is COC1CN(C(=O)COCCN)CC1OC. The molecule has 2 atom stereocenters. The van der Waals surface area contributed by atoms with E-state index in [1.54, 1.807) is 19.1 Å². The summed E-state index contributed by atoms with van der Waals surface area (Å²) in [6.07, 6.45) is -0.105. The number of nitrogens with two attached hydrogens (primary N) is 1. The molecule has 1 heterocycles. The third-order valence-electron chi connectivity index (χ3n) is 2.66. The Kier molecular flexibility index (Phi) is 5.68. The molecule has 0 aromatic carbocycles. The Labute approximate surface area is 95.6 Å². The van der Waals surface area contributed by atoms with Gasteiger partial charge in [-0.25, -0.2) is 0 Å². The third-order valence-corrected chi connectivity index (χ3v) is 2.66. The van der Waals surface area contributed by atoms with Crippen molar-refractivity contribution in [2.45, 2.75) is 12.2 Å². The molecule has 2 N–H and O–H groups in total. The van der Waals surface area contributed by atoms with E-state index in [2.05, 4.69) is 0 Å². The molecule has 0 aromatic heterocycles. The van der Waals surface area contributed by atoms with Crippen molar-refractivity contribution in [1.29, 1.82) is 0 Å². The molecule has 0 saturated carbocycles. The van der Waals surface area contributed by atoms with E-state index in [4.69, 9.17) is 19.9 Å². The number of carbonyl (C=O) groups excluding carboxylic acids is 1. The summed E-state index contributed by atoms with van der Waals surface area (Å²) in [7, 11) is 3.24. The van der Waals surface area contributed by atoms with Crippen LogP contribution < -0.4 is 5.73 Å². The highest BCUT2D eigenvalue weighted by Crippen LogP contribution is 2.15. The van der Waals surface area contributed by atoms with Gasteiger partial charge in [-0.1, -0.05) is 0 Å². The van der Waals surface area contributed by atoms with Crippen LogP contribution in [0.15, 0.2) is 0 Å². The summed E-state index contributed by atoms with van der Waals surface area (Å²) in [6, 6.07) is 0. The molecule has 16 heavy (non-hydrogen) atoms. The molecule has 1 aliphatic rings. The lowest BCUT2D eigenvalue weighted by Crippen LogP contribution is -2.33. The van der Waals surface area contributed by atoms with Gasteiger partial charge in [0.1, 0.15) is 18.8 Å². The van der Waals surface area contributed by atoms with Gasteiger partial charge in [0.15, 0.2) is 0 Å². The third kappa shape index (κ3) is 3.41. The van der Waals surface area contributed by atoms with Gasteiger partial charge in [-0.2, -0.15) is 0 Å². The topological polar surface area (TPSA) is 74.0 Å². The van der Waals surface area contributed by atoms with Crippen molar-refractivity contribution in [3.63, 3.8) is 0 Å². The van der Waals surface area contributed by atoms with E-state index >= 15 is 0 Å². The number of likely N-dealkylation sites (tertiary alicyclic amines) is 1. The van der Waals surface area contributed by atoms with Crippen molar-refractivity contribution in [1.82, 2.24) is 4.90 Å². The van der Waals surface area contributed by atoms with E-state index in [1.165, 1.54) is 0 Å². The predicted octanol–water partition coefficient (Wildman–Crippen LogP) is -1.17. The molecule has 94 valence electrons. The minimum absolute atomic E-state index is 0.0462. The molecular formula is C10H20N2O4. The Morgan fingerprint density at radius 2 is 1.88 bits per heavy atom. The fraction of sp³-hybridized carbons (Fsp3) is 0.900. The molecule has 0 radical (unpaired) electrons. The zero-order chi connectivity index (χ0) is 12.0. The maximum Gasteiger partial charge on any atom is 0.248 e. The van der Waals surface area contributed by atoms with E-state index in [1.807, 2.05) is 0 Å². The summed E-state index contributed by atoms with van der Waals surface area (Å²) in [5.74, 6) is -0.0462. The van der Waals surface area contributed by atoms with E-state index in [9.17, 15) is 4.79 Å². The minimum Gasteiger partial charge on any atom is -0.377 e. The molecule has 1 amide bonds. The van der Waals surface area contributed by atoms with Gasteiger partial charge in [0.25, 0.3) is 0 Å². The summed E-state index contributed by atoms with van der Waals surface area (Å²) in [5, 5.41) is 0. The summed E-state index contributed by atoms with van der Waals surface area (Å²) in [5.41, 5.74) is 5.27. The van der Waals surface area contributed by atoms with E-state index in [-0.39, 0.29) is 24.7 Å². The van der Waals surface area contributed by atoms with Crippen molar-refractivity contribution >= 4 is 5.91 Å². The number of carbonyl (C=O) groups is 1. The second-order valence-corrected chi connectivity index (χ2v) is 3.69. The maximum absolute atomic E-state index is 11.7. The molecule has 2 unspecified atom stereocenters. The first-order valence-electron chi connectivity index (χ1n) is 5.34. The largest absolute Gasteiger partial charge is 0.377 e. The zero-order valence-corrected chi connectivity index (χ0v) is 9.85. The van der Waals surface area contributed by atoms with Crippen LogP contribution in [0.5, 0.6) is 0 Å². The van der Waals surface area contributed by atoms with Gasteiger partial charge < -0.3 is 24.8 Å². The van der Waals surface area contributed by atoms with Gasteiger partial charge in [-0.05, 0) is 0 Å². The Morgan fingerprint density at radius 1 is 1.31 bits per heavy atom. The fourth-order valence-electron chi connectivity index (χ4n) is 1.73. The number of methoxy groups -OCH3 is 2. The van der Waals surface area contributed by atoms with Gasteiger partial charge in [0.2, 0.25) is 5.91 Å². The Morgan fingerprint density at radius 3 is 2.31 bits per heavy atom. The molecule has 1 aliphatic heterocycles. The Bertz CT molecular complexity index is 213. The highest BCUT2D eigenvalue weighted by atomic mass is 16.5. The molecule has 1 rings (SSSR count). The molecule has 6 heteroatoms. The summed E-state index contributed by atoms with van der Waals surface area (Å²) in [6.45, 7) is 2.01. The highest BCUT2D eigenvalue weighted by molar-refractivity contribution is 5.77. The van der Waals surface area contributed by atoms with Crippen molar-refractivity contribution in [2.24, 2.45) is 5.73 Å². The first-order chi connectivity index (χ1) is 7.72. The zero-order valence-electron chi connectivity index (χ0n) is 9.85. The Hall–Kier alpha value is -0.690.